The Morgan fingerprint density at radius 1 is 0.742 bits per heavy atom. The molecular weight excluding hydrogens is 394 g/mol. The number of rotatable bonds is 5. The van der Waals surface area contributed by atoms with Crippen LogP contribution in [0.4, 0.5) is 11.5 Å². The first-order valence-electron chi connectivity index (χ1n) is 9.50. The SMILES string of the molecule is COC(=O)c1cc(Nc2nnc(-c3ccccc3)c3ccccc23)cc(C(=O)OC)c1. The zero-order valence-electron chi connectivity index (χ0n) is 17.0. The van der Waals surface area contributed by atoms with Crippen molar-refractivity contribution in [3.8, 4) is 11.3 Å². The van der Waals surface area contributed by atoms with E-state index in [4.69, 9.17) is 9.47 Å². The van der Waals surface area contributed by atoms with E-state index < -0.39 is 11.9 Å². The lowest BCUT2D eigenvalue weighted by molar-refractivity contribution is 0.0599. The molecule has 154 valence electrons. The minimum atomic E-state index is -0.566. The number of anilines is 2. The molecule has 3 aromatic carbocycles. The fourth-order valence-electron chi connectivity index (χ4n) is 3.31. The fraction of sp³-hybridized carbons (Fsp3) is 0.0833. The standard InChI is InChI=1S/C24H19N3O4/c1-30-23(28)16-12-17(24(29)31-2)14-18(13-16)25-22-20-11-7-6-10-19(20)21(26-27-22)15-8-4-3-5-9-15/h3-14H,1-2H3,(H,25,27). The predicted molar refractivity (Wildman–Crippen MR) is 117 cm³/mol. The summed E-state index contributed by atoms with van der Waals surface area (Å²) in [7, 11) is 2.56. The number of methoxy groups -OCH3 is 2. The van der Waals surface area contributed by atoms with Crippen LogP contribution < -0.4 is 5.32 Å². The first-order valence-corrected chi connectivity index (χ1v) is 9.50. The van der Waals surface area contributed by atoms with Gasteiger partial charge in [-0.3, -0.25) is 0 Å². The quantitative estimate of drug-likeness (QED) is 0.478. The fourth-order valence-corrected chi connectivity index (χ4v) is 3.31. The summed E-state index contributed by atoms with van der Waals surface area (Å²) in [4.78, 5) is 24.1. The Morgan fingerprint density at radius 3 is 1.94 bits per heavy atom. The summed E-state index contributed by atoms with van der Waals surface area (Å²) in [6.07, 6.45) is 0. The molecule has 1 N–H and O–H groups in total. The number of ether oxygens (including phenoxy) is 2. The highest BCUT2D eigenvalue weighted by atomic mass is 16.5. The highest BCUT2D eigenvalue weighted by Gasteiger charge is 2.16. The van der Waals surface area contributed by atoms with Crippen molar-refractivity contribution in [1.82, 2.24) is 10.2 Å². The molecule has 1 aromatic heterocycles. The van der Waals surface area contributed by atoms with Crippen molar-refractivity contribution >= 4 is 34.2 Å². The number of fused-ring (bicyclic) bond motifs is 1. The van der Waals surface area contributed by atoms with Crippen molar-refractivity contribution in [1.29, 1.82) is 0 Å². The molecule has 0 aliphatic heterocycles. The minimum Gasteiger partial charge on any atom is -0.465 e. The van der Waals surface area contributed by atoms with Gasteiger partial charge in [-0.15, -0.1) is 10.2 Å². The van der Waals surface area contributed by atoms with E-state index in [2.05, 4.69) is 15.5 Å². The molecule has 7 nitrogen and oxygen atoms in total. The van der Waals surface area contributed by atoms with Gasteiger partial charge in [0.15, 0.2) is 5.82 Å². The molecule has 0 radical (unpaired) electrons. The van der Waals surface area contributed by atoms with E-state index in [0.29, 0.717) is 11.5 Å². The first kappa shape index (κ1) is 20.0. The van der Waals surface area contributed by atoms with Gasteiger partial charge in [-0.05, 0) is 18.2 Å². The van der Waals surface area contributed by atoms with Crippen LogP contribution in [0.1, 0.15) is 20.7 Å². The largest absolute Gasteiger partial charge is 0.465 e. The van der Waals surface area contributed by atoms with Crippen molar-refractivity contribution in [2.45, 2.75) is 0 Å². The van der Waals surface area contributed by atoms with Crippen LogP contribution in [0.3, 0.4) is 0 Å². The summed E-state index contributed by atoms with van der Waals surface area (Å²) >= 11 is 0. The molecule has 0 amide bonds. The summed E-state index contributed by atoms with van der Waals surface area (Å²) in [5, 5.41) is 13.7. The molecule has 0 spiro atoms. The average molecular weight is 413 g/mol. The number of nitrogens with one attached hydrogen (secondary N) is 1. The Balaban J connectivity index is 1.81. The molecule has 0 saturated heterocycles. The van der Waals surface area contributed by atoms with Gasteiger partial charge in [0.25, 0.3) is 0 Å². The first-order chi connectivity index (χ1) is 15.1. The van der Waals surface area contributed by atoms with E-state index in [-0.39, 0.29) is 11.1 Å². The number of hydrogen-bond acceptors (Lipinski definition) is 7. The molecular formula is C24H19N3O4. The molecule has 4 rings (SSSR count). The topological polar surface area (TPSA) is 90.4 Å². The minimum absolute atomic E-state index is 0.214. The van der Waals surface area contributed by atoms with Crippen LogP contribution in [0.5, 0.6) is 0 Å². The molecule has 7 heteroatoms. The molecule has 0 unspecified atom stereocenters. The van der Waals surface area contributed by atoms with Crippen molar-refractivity contribution < 1.29 is 19.1 Å². The van der Waals surface area contributed by atoms with Gasteiger partial charge in [-0.25, -0.2) is 9.59 Å². The van der Waals surface area contributed by atoms with Crippen LogP contribution in [0, 0.1) is 0 Å². The van der Waals surface area contributed by atoms with E-state index in [1.54, 1.807) is 12.1 Å². The third-order valence-electron chi connectivity index (χ3n) is 4.77. The second-order valence-electron chi connectivity index (χ2n) is 6.72. The number of carbonyl (C=O) groups excluding carboxylic acids is 2. The van der Waals surface area contributed by atoms with Crippen LogP contribution in [0.25, 0.3) is 22.0 Å². The van der Waals surface area contributed by atoms with Gasteiger partial charge in [0, 0.05) is 22.0 Å². The lowest BCUT2D eigenvalue weighted by atomic mass is 10.0. The second-order valence-corrected chi connectivity index (χ2v) is 6.72. The lowest BCUT2D eigenvalue weighted by Crippen LogP contribution is -2.08. The molecule has 1 heterocycles. The van der Waals surface area contributed by atoms with Crippen LogP contribution in [-0.2, 0) is 9.47 Å². The second kappa shape index (κ2) is 8.62. The molecule has 31 heavy (non-hydrogen) atoms. The smallest absolute Gasteiger partial charge is 0.337 e. The number of hydrogen-bond donors (Lipinski definition) is 1. The third kappa shape index (κ3) is 4.06. The zero-order chi connectivity index (χ0) is 21.8. The van der Waals surface area contributed by atoms with E-state index in [9.17, 15) is 9.59 Å². The van der Waals surface area contributed by atoms with Crippen molar-refractivity contribution in [2.24, 2.45) is 0 Å². The van der Waals surface area contributed by atoms with Crippen LogP contribution in [0.2, 0.25) is 0 Å². The van der Waals surface area contributed by atoms with Gasteiger partial charge in [0.1, 0.15) is 5.69 Å². The summed E-state index contributed by atoms with van der Waals surface area (Å²) in [5.41, 5.74) is 2.63. The molecule has 0 bridgehead atoms. The molecule has 0 fully saturated rings. The van der Waals surface area contributed by atoms with E-state index >= 15 is 0 Å². The van der Waals surface area contributed by atoms with Crippen LogP contribution >= 0.6 is 0 Å². The van der Waals surface area contributed by atoms with Gasteiger partial charge in [-0.1, -0.05) is 54.6 Å². The Morgan fingerprint density at radius 2 is 1.32 bits per heavy atom. The van der Waals surface area contributed by atoms with E-state index in [1.165, 1.54) is 20.3 Å². The normalized spacial score (nSPS) is 10.5. The molecule has 4 aromatic rings. The molecule has 0 aliphatic rings. The maximum absolute atomic E-state index is 12.1. The van der Waals surface area contributed by atoms with Crippen LogP contribution in [0.15, 0.2) is 72.8 Å². The van der Waals surface area contributed by atoms with Gasteiger partial charge in [0.2, 0.25) is 0 Å². The average Bonchev–Trinajstić information content (AvgIpc) is 2.83. The summed E-state index contributed by atoms with van der Waals surface area (Å²) in [5.74, 6) is -0.638. The maximum Gasteiger partial charge on any atom is 0.337 e. The van der Waals surface area contributed by atoms with Crippen molar-refractivity contribution in [3.63, 3.8) is 0 Å². The predicted octanol–water partition coefficient (Wildman–Crippen LogP) is 4.61. The Hall–Kier alpha value is -4.26. The summed E-state index contributed by atoms with van der Waals surface area (Å²) < 4.78 is 9.60. The van der Waals surface area contributed by atoms with Gasteiger partial charge in [0.05, 0.1) is 25.3 Å². The lowest BCUT2D eigenvalue weighted by Gasteiger charge is -2.13. The van der Waals surface area contributed by atoms with Gasteiger partial charge in [-0.2, -0.15) is 0 Å². The molecule has 0 aliphatic carbocycles. The number of benzene rings is 3. The number of aromatic nitrogens is 2. The van der Waals surface area contributed by atoms with Crippen molar-refractivity contribution in [3.05, 3.63) is 83.9 Å². The van der Waals surface area contributed by atoms with Crippen molar-refractivity contribution in [2.75, 3.05) is 19.5 Å². The number of nitrogens with zero attached hydrogens (tertiary/aromatic N) is 2. The Bertz CT molecular complexity index is 1240. The van der Waals surface area contributed by atoms with E-state index in [0.717, 1.165) is 22.0 Å². The monoisotopic (exact) mass is 413 g/mol. The van der Waals surface area contributed by atoms with Gasteiger partial charge >= 0.3 is 11.9 Å². The van der Waals surface area contributed by atoms with Crippen LogP contribution in [-0.4, -0.2) is 36.4 Å². The highest BCUT2D eigenvalue weighted by molar-refractivity contribution is 6.02. The number of carbonyl (C=O) groups is 2. The third-order valence-corrected chi connectivity index (χ3v) is 4.77. The zero-order valence-corrected chi connectivity index (χ0v) is 17.0. The Labute approximate surface area is 178 Å². The summed E-state index contributed by atoms with van der Waals surface area (Å²) in [6.45, 7) is 0. The Kier molecular flexibility index (Phi) is 5.57. The van der Waals surface area contributed by atoms with Gasteiger partial charge < -0.3 is 14.8 Å². The van der Waals surface area contributed by atoms with E-state index in [1.807, 2.05) is 54.6 Å². The summed E-state index contributed by atoms with van der Waals surface area (Å²) in [6, 6.07) is 22.1. The number of esters is 2. The molecule has 0 saturated carbocycles. The maximum atomic E-state index is 12.1. The molecule has 0 atom stereocenters. The highest BCUT2D eigenvalue weighted by Crippen LogP contribution is 2.31.